The normalized spacial score (nSPS) is 11.6. The molecule has 170 valence electrons. The molecule has 1 heterocycles. The van der Waals surface area contributed by atoms with E-state index in [4.69, 9.17) is 27.6 Å². The highest BCUT2D eigenvalue weighted by Crippen LogP contribution is 2.41. The summed E-state index contributed by atoms with van der Waals surface area (Å²) in [4.78, 5) is 26.7. The van der Waals surface area contributed by atoms with Crippen molar-refractivity contribution in [3.8, 4) is 22.5 Å². The van der Waals surface area contributed by atoms with Crippen LogP contribution in [-0.2, 0) is 0 Å². The van der Waals surface area contributed by atoms with Gasteiger partial charge in [0.05, 0.1) is 5.02 Å². The molecule has 2 aromatic rings. The van der Waals surface area contributed by atoms with E-state index in [2.05, 4.69) is 13.2 Å². The molecule has 2 aromatic carbocycles. The average Bonchev–Trinajstić information content (AvgIpc) is 2.83. The zero-order valence-electron chi connectivity index (χ0n) is 18.5. The third-order valence-corrected chi connectivity index (χ3v) is 6.05. The van der Waals surface area contributed by atoms with Gasteiger partial charge in [0.25, 0.3) is 5.91 Å². The number of rotatable bonds is 6. The Kier molecular flexibility index (Phi) is 6.73. The molecule has 0 radical (unpaired) electrons. The standard InChI is InChI=1S/C28H21Cl2NO3/c1-4-6-17(5-2)16-31(3)28(33)19-9-7-18(8-10-19)27-21-13-20(29)11-12-25(21)34-26-15-24(32)23(30)14-22(26)27/h4-15H,1-2,16H2,3H3/b17-6+. The Balaban J connectivity index is 1.80. The van der Waals surface area contributed by atoms with Crippen LogP contribution in [0.2, 0.25) is 10.0 Å². The molecule has 2 aliphatic rings. The number of hydrogen-bond donors (Lipinski definition) is 0. The van der Waals surface area contributed by atoms with Gasteiger partial charge in [-0.1, -0.05) is 66.7 Å². The second-order valence-corrected chi connectivity index (χ2v) is 8.66. The summed E-state index contributed by atoms with van der Waals surface area (Å²) in [6.07, 6.45) is 5.19. The molecule has 0 unspecified atom stereocenters. The van der Waals surface area contributed by atoms with Crippen molar-refractivity contribution in [3.05, 3.63) is 117 Å². The molecule has 0 bridgehead atoms. The number of fused-ring (bicyclic) bond motifs is 2. The molecule has 0 aromatic heterocycles. The quantitative estimate of drug-likeness (QED) is 0.211. The van der Waals surface area contributed by atoms with E-state index < -0.39 is 0 Å². The number of carbonyl (C=O) groups excluding carboxylic acids is 1. The van der Waals surface area contributed by atoms with Crippen LogP contribution in [0.3, 0.4) is 0 Å². The number of hydrogen-bond acceptors (Lipinski definition) is 3. The topological polar surface area (TPSA) is 50.5 Å². The van der Waals surface area contributed by atoms with E-state index in [1.807, 2.05) is 24.3 Å². The van der Waals surface area contributed by atoms with Crippen molar-refractivity contribution >= 4 is 40.1 Å². The largest absolute Gasteiger partial charge is 0.456 e. The van der Waals surface area contributed by atoms with Crippen LogP contribution in [-0.4, -0.2) is 24.4 Å². The van der Waals surface area contributed by atoms with Gasteiger partial charge in [0, 0.05) is 46.8 Å². The van der Waals surface area contributed by atoms with Crippen molar-refractivity contribution < 1.29 is 9.21 Å². The van der Waals surface area contributed by atoms with Gasteiger partial charge in [-0.2, -0.15) is 0 Å². The lowest BCUT2D eigenvalue weighted by molar-refractivity contribution is 0.0808. The summed E-state index contributed by atoms with van der Waals surface area (Å²) in [5.41, 5.74) is 4.03. The van der Waals surface area contributed by atoms with Gasteiger partial charge in [-0.3, -0.25) is 9.59 Å². The van der Waals surface area contributed by atoms with E-state index in [0.717, 1.165) is 22.1 Å². The predicted octanol–water partition coefficient (Wildman–Crippen LogP) is 7.24. The van der Waals surface area contributed by atoms with Crippen molar-refractivity contribution in [1.82, 2.24) is 4.90 Å². The van der Waals surface area contributed by atoms with E-state index in [1.165, 1.54) is 6.07 Å². The molecule has 0 N–H and O–H groups in total. The molecule has 1 aliphatic carbocycles. The molecular weight excluding hydrogens is 469 g/mol. The van der Waals surface area contributed by atoms with Crippen molar-refractivity contribution in [1.29, 1.82) is 0 Å². The van der Waals surface area contributed by atoms with Crippen molar-refractivity contribution in [2.45, 2.75) is 0 Å². The van der Waals surface area contributed by atoms with E-state index in [9.17, 15) is 9.59 Å². The lowest BCUT2D eigenvalue weighted by atomic mass is 9.93. The van der Waals surface area contributed by atoms with Crippen LogP contribution >= 0.6 is 23.2 Å². The first-order chi connectivity index (χ1) is 16.3. The fraction of sp³-hybridized carbons (Fsp3) is 0.0714. The minimum Gasteiger partial charge on any atom is -0.456 e. The van der Waals surface area contributed by atoms with Crippen LogP contribution in [0.15, 0.2) is 101 Å². The zero-order chi connectivity index (χ0) is 24.4. The van der Waals surface area contributed by atoms with Crippen molar-refractivity contribution in [2.75, 3.05) is 13.6 Å². The number of halogens is 2. The van der Waals surface area contributed by atoms with E-state index in [-0.39, 0.29) is 16.4 Å². The van der Waals surface area contributed by atoms with E-state index in [1.54, 1.807) is 54.4 Å². The summed E-state index contributed by atoms with van der Waals surface area (Å²) in [6, 6.07) is 15.6. The van der Waals surface area contributed by atoms with E-state index in [0.29, 0.717) is 34.0 Å². The van der Waals surface area contributed by atoms with Crippen LogP contribution in [0.5, 0.6) is 0 Å². The van der Waals surface area contributed by atoms with Crippen LogP contribution in [0.4, 0.5) is 0 Å². The van der Waals surface area contributed by atoms with Gasteiger partial charge in [0.1, 0.15) is 11.3 Å². The van der Waals surface area contributed by atoms with Gasteiger partial charge in [0.2, 0.25) is 5.43 Å². The highest BCUT2D eigenvalue weighted by atomic mass is 35.5. The molecule has 0 fully saturated rings. The number of carbonyl (C=O) groups is 1. The number of amides is 1. The van der Waals surface area contributed by atoms with Gasteiger partial charge in [-0.15, -0.1) is 0 Å². The molecule has 4 rings (SSSR count). The zero-order valence-corrected chi connectivity index (χ0v) is 20.0. The number of allylic oxidation sites excluding steroid dienone is 2. The maximum absolute atomic E-state index is 13.0. The maximum atomic E-state index is 13.0. The van der Waals surface area contributed by atoms with Gasteiger partial charge >= 0.3 is 0 Å². The van der Waals surface area contributed by atoms with Crippen LogP contribution in [0.1, 0.15) is 10.4 Å². The Labute approximate surface area is 207 Å². The maximum Gasteiger partial charge on any atom is 0.253 e. The van der Waals surface area contributed by atoms with E-state index >= 15 is 0 Å². The summed E-state index contributed by atoms with van der Waals surface area (Å²) < 4.78 is 5.96. The Bertz CT molecular complexity index is 1480. The van der Waals surface area contributed by atoms with Gasteiger partial charge < -0.3 is 9.32 Å². The van der Waals surface area contributed by atoms with Crippen LogP contribution in [0.25, 0.3) is 33.4 Å². The molecule has 6 heteroatoms. The fourth-order valence-corrected chi connectivity index (χ4v) is 4.19. The summed E-state index contributed by atoms with van der Waals surface area (Å²) in [6.45, 7) is 7.88. The lowest BCUT2D eigenvalue weighted by Crippen LogP contribution is -2.28. The summed E-state index contributed by atoms with van der Waals surface area (Å²) >= 11 is 12.4. The number of likely N-dealkylation sites (N-methyl/N-ethyl adjacent to an activating group) is 1. The monoisotopic (exact) mass is 489 g/mol. The third kappa shape index (κ3) is 4.56. The molecule has 1 amide bonds. The second kappa shape index (κ2) is 9.72. The van der Waals surface area contributed by atoms with Crippen molar-refractivity contribution in [2.24, 2.45) is 0 Å². The Morgan fingerprint density at radius 1 is 1.06 bits per heavy atom. The fourth-order valence-electron chi connectivity index (χ4n) is 3.86. The second-order valence-electron chi connectivity index (χ2n) is 7.82. The summed E-state index contributed by atoms with van der Waals surface area (Å²) in [5, 5.41) is 1.43. The first-order valence-electron chi connectivity index (χ1n) is 10.5. The molecule has 4 nitrogen and oxygen atoms in total. The Morgan fingerprint density at radius 3 is 2.47 bits per heavy atom. The molecule has 1 aliphatic heterocycles. The molecular formula is C28H21Cl2NO3. The Hall–Kier alpha value is -3.60. The number of nitrogens with zero attached hydrogens (tertiary/aromatic N) is 1. The highest BCUT2D eigenvalue weighted by Gasteiger charge is 2.20. The molecule has 0 saturated heterocycles. The van der Waals surface area contributed by atoms with Gasteiger partial charge in [-0.05, 0) is 47.5 Å². The highest BCUT2D eigenvalue weighted by molar-refractivity contribution is 6.32. The average molecular weight is 490 g/mol. The third-order valence-electron chi connectivity index (χ3n) is 5.52. The minimum absolute atomic E-state index is 0.101. The summed E-state index contributed by atoms with van der Waals surface area (Å²) in [5.74, 6) is 0.299. The molecule has 34 heavy (non-hydrogen) atoms. The Morgan fingerprint density at radius 2 is 1.79 bits per heavy atom. The minimum atomic E-state index is -0.314. The number of benzene rings is 3. The lowest BCUT2D eigenvalue weighted by Gasteiger charge is -2.19. The molecule has 0 saturated carbocycles. The first-order valence-corrected chi connectivity index (χ1v) is 11.2. The van der Waals surface area contributed by atoms with Gasteiger partial charge in [0.15, 0.2) is 0 Å². The molecule has 0 spiro atoms. The van der Waals surface area contributed by atoms with Crippen LogP contribution < -0.4 is 5.43 Å². The summed E-state index contributed by atoms with van der Waals surface area (Å²) in [7, 11) is 1.74. The van der Waals surface area contributed by atoms with Gasteiger partial charge in [-0.25, -0.2) is 0 Å². The smallest absolute Gasteiger partial charge is 0.253 e. The van der Waals surface area contributed by atoms with Crippen LogP contribution in [0, 0.1) is 0 Å². The van der Waals surface area contributed by atoms with Crippen molar-refractivity contribution in [3.63, 3.8) is 0 Å². The first kappa shape index (κ1) is 23.6. The molecule has 0 atom stereocenters. The SMILES string of the molecule is C=C/C=C(\C=C)CN(C)C(=O)c1ccc(-c2c3cc(Cl)c(=O)cc-3oc3ccc(Cl)cc23)cc1. The predicted molar refractivity (Wildman–Crippen MR) is 140 cm³/mol.